The number of methoxy groups -OCH3 is 2. The van der Waals surface area contributed by atoms with Gasteiger partial charge in [0.05, 0.1) is 35.4 Å². The SMILES string of the molecule is COCCNC(=O)c1ccccc1NS(=O)(=O)c1cccc(C(=O)OC)c1. The van der Waals surface area contributed by atoms with Crippen LogP contribution in [0, 0.1) is 0 Å². The number of nitrogens with one attached hydrogen (secondary N) is 2. The molecule has 144 valence electrons. The molecule has 2 N–H and O–H groups in total. The molecule has 2 aromatic rings. The number of anilines is 1. The van der Waals surface area contributed by atoms with Gasteiger partial charge in [-0.25, -0.2) is 13.2 Å². The van der Waals surface area contributed by atoms with Crippen LogP contribution in [-0.4, -0.2) is 47.7 Å². The first-order chi connectivity index (χ1) is 12.9. The Morgan fingerprint density at radius 2 is 1.78 bits per heavy atom. The van der Waals surface area contributed by atoms with Gasteiger partial charge in [0, 0.05) is 13.7 Å². The van der Waals surface area contributed by atoms with Gasteiger partial charge in [-0.2, -0.15) is 0 Å². The first kappa shape index (κ1) is 20.4. The fourth-order valence-electron chi connectivity index (χ4n) is 2.24. The smallest absolute Gasteiger partial charge is 0.337 e. The van der Waals surface area contributed by atoms with Gasteiger partial charge >= 0.3 is 5.97 Å². The summed E-state index contributed by atoms with van der Waals surface area (Å²) in [5.74, 6) is -1.08. The molecule has 0 saturated carbocycles. The molecule has 0 heterocycles. The predicted molar refractivity (Wildman–Crippen MR) is 99.2 cm³/mol. The Balaban J connectivity index is 2.28. The van der Waals surface area contributed by atoms with Crippen molar-refractivity contribution in [3.05, 3.63) is 59.7 Å². The van der Waals surface area contributed by atoms with Crippen molar-refractivity contribution in [2.45, 2.75) is 4.90 Å². The molecule has 0 aliphatic rings. The van der Waals surface area contributed by atoms with Crippen molar-refractivity contribution in [3.63, 3.8) is 0 Å². The van der Waals surface area contributed by atoms with Crippen LogP contribution in [-0.2, 0) is 19.5 Å². The van der Waals surface area contributed by atoms with Crippen molar-refractivity contribution in [1.29, 1.82) is 0 Å². The highest BCUT2D eigenvalue weighted by Gasteiger charge is 2.20. The van der Waals surface area contributed by atoms with Crippen LogP contribution in [0.2, 0.25) is 0 Å². The molecule has 0 aliphatic heterocycles. The van der Waals surface area contributed by atoms with Gasteiger partial charge in [0.15, 0.2) is 0 Å². The van der Waals surface area contributed by atoms with Crippen LogP contribution < -0.4 is 10.0 Å². The standard InChI is InChI=1S/C18H20N2O6S/c1-25-11-10-19-17(21)15-8-3-4-9-16(15)20-27(23,24)14-7-5-6-13(12-14)18(22)26-2/h3-9,12,20H,10-11H2,1-2H3,(H,19,21). The van der Waals surface area contributed by atoms with E-state index in [2.05, 4.69) is 14.8 Å². The van der Waals surface area contributed by atoms with E-state index >= 15 is 0 Å². The topological polar surface area (TPSA) is 111 Å². The van der Waals surface area contributed by atoms with Crippen molar-refractivity contribution in [3.8, 4) is 0 Å². The molecule has 0 spiro atoms. The molecule has 8 nitrogen and oxygen atoms in total. The van der Waals surface area contributed by atoms with Gasteiger partial charge in [-0.05, 0) is 30.3 Å². The van der Waals surface area contributed by atoms with E-state index in [0.29, 0.717) is 6.61 Å². The second kappa shape index (κ2) is 9.15. The van der Waals surface area contributed by atoms with Gasteiger partial charge in [-0.3, -0.25) is 9.52 Å². The minimum atomic E-state index is -4.02. The summed E-state index contributed by atoms with van der Waals surface area (Å²) in [6, 6.07) is 11.6. The number of amides is 1. The molecule has 0 radical (unpaired) electrons. The fraction of sp³-hybridized carbons (Fsp3) is 0.222. The quantitative estimate of drug-likeness (QED) is 0.522. The van der Waals surface area contributed by atoms with Crippen LogP contribution in [0.25, 0.3) is 0 Å². The van der Waals surface area contributed by atoms with Crippen LogP contribution in [0.4, 0.5) is 5.69 Å². The third-order valence-electron chi connectivity index (χ3n) is 3.57. The maximum atomic E-state index is 12.7. The minimum absolute atomic E-state index is 0.103. The Labute approximate surface area is 157 Å². The number of benzene rings is 2. The molecule has 0 bridgehead atoms. The molecule has 0 aromatic heterocycles. The Morgan fingerprint density at radius 1 is 1.04 bits per heavy atom. The molecule has 2 aromatic carbocycles. The van der Waals surface area contributed by atoms with E-state index in [1.165, 1.54) is 50.6 Å². The summed E-state index contributed by atoms with van der Waals surface area (Å²) in [5.41, 5.74) is 0.392. The second-order valence-electron chi connectivity index (χ2n) is 5.42. The van der Waals surface area contributed by atoms with E-state index in [0.717, 1.165) is 0 Å². The first-order valence-corrected chi connectivity index (χ1v) is 9.44. The minimum Gasteiger partial charge on any atom is -0.465 e. The van der Waals surface area contributed by atoms with Gasteiger partial charge < -0.3 is 14.8 Å². The van der Waals surface area contributed by atoms with E-state index < -0.39 is 21.9 Å². The van der Waals surface area contributed by atoms with Gasteiger partial charge in [-0.1, -0.05) is 18.2 Å². The molecule has 0 fully saturated rings. The summed E-state index contributed by atoms with van der Waals surface area (Å²) in [6.45, 7) is 0.623. The number of ether oxygens (including phenoxy) is 2. The lowest BCUT2D eigenvalue weighted by molar-refractivity contribution is 0.0600. The van der Waals surface area contributed by atoms with Crippen molar-refractivity contribution >= 4 is 27.6 Å². The van der Waals surface area contributed by atoms with Gasteiger partial charge in [-0.15, -0.1) is 0 Å². The molecule has 0 saturated heterocycles. The Morgan fingerprint density at radius 3 is 2.48 bits per heavy atom. The number of hydrogen-bond donors (Lipinski definition) is 2. The fourth-order valence-corrected chi connectivity index (χ4v) is 3.37. The van der Waals surface area contributed by atoms with Crippen LogP contribution >= 0.6 is 0 Å². The lowest BCUT2D eigenvalue weighted by Crippen LogP contribution is -2.28. The van der Waals surface area contributed by atoms with Crippen LogP contribution in [0.5, 0.6) is 0 Å². The van der Waals surface area contributed by atoms with Crippen molar-refractivity contribution in [2.75, 3.05) is 32.1 Å². The van der Waals surface area contributed by atoms with Gasteiger partial charge in [0.2, 0.25) is 0 Å². The summed E-state index contributed by atoms with van der Waals surface area (Å²) in [4.78, 5) is 23.8. The molecule has 1 amide bonds. The summed E-state index contributed by atoms with van der Waals surface area (Å²) in [7, 11) is -1.30. The largest absolute Gasteiger partial charge is 0.465 e. The summed E-state index contributed by atoms with van der Waals surface area (Å²) in [5, 5.41) is 2.64. The normalized spacial score (nSPS) is 10.9. The van der Waals surface area contributed by atoms with Crippen LogP contribution in [0.15, 0.2) is 53.4 Å². The van der Waals surface area contributed by atoms with E-state index in [-0.39, 0.29) is 28.3 Å². The molecule has 9 heteroatoms. The third kappa shape index (κ3) is 5.28. The third-order valence-corrected chi connectivity index (χ3v) is 4.94. The van der Waals surface area contributed by atoms with E-state index in [9.17, 15) is 18.0 Å². The lowest BCUT2D eigenvalue weighted by Gasteiger charge is -2.13. The van der Waals surface area contributed by atoms with E-state index in [1.807, 2.05) is 0 Å². The summed E-state index contributed by atoms with van der Waals surface area (Å²) < 4.78 is 37.2. The number of para-hydroxylation sites is 1. The average Bonchev–Trinajstić information content (AvgIpc) is 2.67. The van der Waals surface area contributed by atoms with Gasteiger partial charge in [0.1, 0.15) is 0 Å². The maximum absolute atomic E-state index is 12.7. The molecular weight excluding hydrogens is 372 g/mol. The molecular formula is C18H20N2O6S. The van der Waals surface area contributed by atoms with Crippen molar-refractivity contribution < 1.29 is 27.5 Å². The Bertz CT molecular complexity index is 927. The molecule has 0 atom stereocenters. The zero-order chi connectivity index (χ0) is 19.9. The first-order valence-electron chi connectivity index (χ1n) is 7.96. The number of carbonyl (C=O) groups excluding carboxylic acids is 2. The molecule has 0 aliphatic carbocycles. The molecule has 0 unspecified atom stereocenters. The highest BCUT2D eigenvalue weighted by Crippen LogP contribution is 2.21. The van der Waals surface area contributed by atoms with E-state index in [1.54, 1.807) is 12.1 Å². The predicted octanol–water partition coefficient (Wildman–Crippen LogP) is 1.65. The maximum Gasteiger partial charge on any atom is 0.337 e. The number of hydrogen-bond acceptors (Lipinski definition) is 6. The average molecular weight is 392 g/mol. The monoisotopic (exact) mass is 392 g/mol. The highest BCUT2D eigenvalue weighted by molar-refractivity contribution is 7.92. The number of rotatable bonds is 8. The second-order valence-corrected chi connectivity index (χ2v) is 7.10. The number of sulfonamides is 1. The lowest BCUT2D eigenvalue weighted by atomic mass is 10.1. The zero-order valence-corrected chi connectivity index (χ0v) is 15.7. The highest BCUT2D eigenvalue weighted by atomic mass is 32.2. The van der Waals surface area contributed by atoms with Crippen molar-refractivity contribution in [1.82, 2.24) is 5.32 Å². The number of esters is 1. The Kier molecular flexibility index (Phi) is 6.91. The summed E-state index contributed by atoms with van der Waals surface area (Å²) >= 11 is 0. The zero-order valence-electron chi connectivity index (χ0n) is 14.9. The Hall–Kier alpha value is -2.91. The van der Waals surface area contributed by atoms with Crippen molar-refractivity contribution in [2.24, 2.45) is 0 Å². The van der Waals surface area contributed by atoms with E-state index in [4.69, 9.17) is 4.74 Å². The van der Waals surface area contributed by atoms with Gasteiger partial charge in [0.25, 0.3) is 15.9 Å². The molecule has 2 rings (SSSR count). The van der Waals surface area contributed by atoms with Crippen LogP contribution in [0.3, 0.4) is 0 Å². The van der Waals surface area contributed by atoms with Crippen LogP contribution in [0.1, 0.15) is 20.7 Å². The number of carbonyl (C=O) groups is 2. The summed E-state index contributed by atoms with van der Waals surface area (Å²) in [6.07, 6.45) is 0. The molecule has 27 heavy (non-hydrogen) atoms.